The maximum Gasteiger partial charge on any atom is 0.125 e. The maximum absolute atomic E-state index is 5.43. The predicted molar refractivity (Wildman–Crippen MR) is 109 cm³/mol. The Balaban J connectivity index is 1.68. The topological polar surface area (TPSA) is 63.5 Å². The summed E-state index contributed by atoms with van der Waals surface area (Å²) in [6.45, 7) is 3.61. The molecule has 0 bridgehead atoms. The summed E-state index contributed by atoms with van der Waals surface area (Å²) in [5.41, 5.74) is 4.81. The van der Waals surface area contributed by atoms with Crippen molar-refractivity contribution in [1.29, 1.82) is 0 Å². The van der Waals surface area contributed by atoms with Crippen LogP contribution in [0.5, 0.6) is 0 Å². The molecule has 0 saturated heterocycles. The largest absolute Gasteiger partial charge is 0.396 e. The molecule has 4 rings (SSSR count). The number of hydrogen-bond donors (Lipinski definition) is 0. The van der Waals surface area contributed by atoms with Gasteiger partial charge in [-0.05, 0) is 30.7 Å². The standard InChI is InChI=1S/C20H21N5OS/c1-3-11-26-24-16-8-10-25(2)17-7-6-15(23-19(16)17)18-13-22-20(27-18)14-5-4-9-21-12-14/h4-7,9,12-13H,3,8,10-11H2,1-2H3/b24-16+. The third kappa shape index (κ3) is 3.68. The monoisotopic (exact) mass is 379 g/mol. The van der Waals surface area contributed by atoms with E-state index < -0.39 is 0 Å². The van der Waals surface area contributed by atoms with Crippen molar-refractivity contribution in [3.05, 3.63) is 48.5 Å². The number of fused-ring (bicyclic) bond motifs is 1. The van der Waals surface area contributed by atoms with E-state index in [4.69, 9.17) is 9.82 Å². The first-order chi connectivity index (χ1) is 13.3. The normalized spacial score (nSPS) is 15.0. The van der Waals surface area contributed by atoms with Crippen molar-refractivity contribution in [3.8, 4) is 21.1 Å². The predicted octanol–water partition coefficient (Wildman–Crippen LogP) is 4.24. The molecule has 0 N–H and O–H groups in total. The zero-order valence-corrected chi connectivity index (χ0v) is 16.2. The lowest BCUT2D eigenvalue weighted by Gasteiger charge is -2.27. The Morgan fingerprint density at radius 2 is 2.19 bits per heavy atom. The van der Waals surface area contributed by atoms with E-state index in [-0.39, 0.29) is 0 Å². The average Bonchev–Trinajstić information content (AvgIpc) is 3.21. The van der Waals surface area contributed by atoms with E-state index in [2.05, 4.69) is 40.1 Å². The fraction of sp³-hybridized carbons (Fsp3) is 0.300. The third-order valence-electron chi connectivity index (χ3n) is 4.38. The number of aromatic nitrogens is 3. The van der Waals surface area contributed by atoms with Crippen LogP contribution in [0.3, 0.4) is 0 Å². The lowest BCUT2D eigenvalue weighted by molar-refractivity contribution is 0.144. The minimum absolute atomic E-state index is 0.623. The summed E-state index contributed by atoms with van der Waals surface area (Å²) >= 11 is 1.61. The van der Waals surface area contributed by atoms with Crippen LogP contribution in [0.15, 0.2) is 48.0 Å². The maximum atomic E-state index is 5.43. The molecule has 0 aliphatic carbocycles. The van der Waals surface area contributed by atoms with E-state index in [9.17, 15) is 0 Å². The fourth-order valence-electron chi connectivity index (χ4n) is 2.94. The molecule has 0 amide bonds. The molecule has 6 nitrogen and oxygen atoms in total. The molecular weight excluding hydrogens is 358 g/mol. The van der Waals surface area contributed by atoms with Crippen LogP contribution in [-0.2, 0) is 4.84 Å². The molecule has 1 aliphatic rings. The minimum Gasteiger partial charge on any atom is -0.396 e. The molecule has 1 aliphatic heterocycles. The average molecular weight is 379 g/mol. The van der Waals surface area contributed by atoms with E-state index in [1.165, 1.54) is 0 Å². The first-order valence-electron chi connectivity index (χ1n) is 9.04. The van der Waals surface area contributed by atoms with Gasteiger partial charge >= 0.3 is 0 Å². The Labute approximate surface area is 162 Å². The molecule has 0 fully saturated rings. The van der Waals surface area contributed by atoms with Crippen molar-refractivity contribution in [1.82, 2.24) is 15.0 Å². The van der Waals surface area contributed by atoms with E-state index >= 15 is 0 Å². The van der Waals surface area contributed by atoms with Gasteiger partial charge in [0, 0.05) is 44.2 Å². The molecule has 0 unspecified atom stereocenters. The van der Waals surface area contributed by atoms with E-state index in [1.54, 1.807) is 17.5 Å². The minimum atomic E-state index is 0.623. The Kier molecular flexibility index (Phi) is 5.11. The van der Waals surface area contributed by atoms with Crippen LogP contribution in [0.4, 0.5) is 5.69 Å². The zero-order chi connectivity index (χ0) is 18.6. The Bertz CT molecular complexity index is 954. The summed E-state index contributed by atoms with van der Waals surface area (Å²) in [5, 5.41) is 5.28. The fourth-order valence-corrected chi connectivity index (χ4v) is 3.82. The highest BCUT2D eigenvalue weighted by Crippen LogP contribution is 2.33. The van der Waals surface area contributed by atoms with Gasteiger partial charge in [0.2, 0.25) is 0 Å². The van der Waals surface area contributed by atoms with Crippen LogP contribution in [0.1, 0.15) is 25.5 Å². The van der Waals surface area contributed by atoms with Gasteiger partial charge < -0.3 is 9.74 Å². The SMILES string of the molecule is CCCO/N=C1\CCN(C)c2ccc(-c3cnc(-c4cccnc4)s3)nc21. The van der Waals surface area contributed by atoms with Gasteiger partial charge in [0.15, 0.2) is 0 Å². The van der Waals surface area contributed by atoms with Crippen molar-refractivity contribution in [2.75, 3.05) is 25.1 Å². The molecule has 138 valence electrons. The summed E-state index contributed by atoms with van der Waals surface area (Å²) in [4.78, 5) is 22.3. The zero-order valence-electron chi connectivity index (χ0n) is 15.4. The number of pyridine rings is 2. The molecule has 27 heavy (non-hydrogen) atoms. The first-order valence-corrected chi connectivity index (χ1v) is 9.86. The number of hydrogen-bond acceptors (Lipinski definition) is 7. The van der Waals surface area contributed by atoms with Crippen molar-refractivity contribution >= 4 is 22.7 Å². The highest BCUT2D eigenvalue weighted by molar-refractivity contribution is 7.18. The molecule has 7 heteroatoms. The third-order valence-corrected chi connectivity index (χ3v) is 5.45. The van der Waals surface area contributed by atoms with Crippen LogP contribution in [0.2, 0.25) is 0 Å². The van der Waals surface area contributed by atoms with Crippen molar-refractivity contribution in [2.45, 2.75) is 19.8 Å². The van der Waals surface area contributed by atoms with Gasteiger partial charge in [-0.25, -0.2) is 9.97 Å². The molecular formula is C20H21N5OS. The van der Waals surface area contributed by atoms with Gasteiger partial charge in [0.05, 0.1) is 16.3 Å². The van der Waals surface area contributed by atoms with Crippen molar-refractivity contribution < 1.29 is 4.84 Å². The highest BCUT2D eigenvalue weighted by Gasteiger charge is 2.22. The second kappa shape index (κ2) is 7.84. The van der Waals surface area contributed by atoms with Crippen LogP contribution >= 0.6 is 11.3 Å². The molecule has 3 aromatic rings. The number of oxime groups is 1. The Hall–Kier alpha value is -2.80. The summed E-state index contributed by atoms with van der Waals surface area (Å²) in [7, 11) is 2.08. The summed E-state index contributed by atoms with van der Waals surface area (Å²) in [6.07, 6.45) is 7.23. The quantitative estimate of drug-likeness (QED) is 0.490. The smallest absolute Gasteiger partial charge is 0.125 e. The van der Waals surface area contributed by atoms with Crippen molar-refractivity contribution in [3.63, 3.8) is 0 Å². The number of anilines is 1. The Morgan fingerprint density at radius 3 is 3.00 bits per heavy atom. The molecule has 0 spiro atoms. The first kappa shape index (κ1) is 17.6. The molecule has 0 aromatic carbocycles. The van der Waals surface area contributed by atoms with Gasteiger partial charge in [-0.2, -0.15) is 0 Å². The number of thiazole rings is 1. The van der Waals surface area contributed by atoms with E-state index in [1.807, 2.05) is 30.6 Å². The van der Waals surface area contributed by atoms with Crippen LogP contribution in [-0.4, -0.2) is 40.9 Å². The number of nitrogens with zero attached hydrogens (tertiary/aromatic N) is 5. The van der Waals surface area contributed by atoms with Gasteiger partial charge in [-0.1, -0.05) is 12.1 Å². The molecule has 0 radical (unpaired) electrons. The molecule has 4 heterocycles. The summed E-state index contributed by atoms with van der Waals surface area (Å²) < 4.78 is 0. The van der Waals surface area contributed by atoms with Crippen molar-refractivity contribution in [2.24, 2.45) is 5.16 Å². The van der Waals surface area contributed by atoms with E-state index in [0.717, 1.165) is 57.6 Å². The van der Waals surface area contributed by atoms with Crippen LogP contribution < -0.4 is 4.90 Å². The van der Waals surface area contributed by atoms with Crippen LogP contribution in [0, 0.1) is 0 Å². The van der Waals surface area contributed by atoms with Gasteiger partial charge in [-0.15, -0.1) is 11.3 Å². The number of rotatable bonds is 5. The van der Waals surface area contributed by atoms with Gasteiger partial charge in [0.1, 0.15) is 23.0 Å². The van der Waals surface area contributed by atoms with Gasteiger partial charge in [-0.3, -0.25) is 4.98 Å². The lowest BCUT2D eigenvalue weighted by Crippen LogP contribution is -2.29. The molecule has 3 aromatic heterocycles. The highest BCUT2D eigenvalue weighted by atomic mass is 32.1. The second-order valence-corrected chi connectivity index (χ2v) is 7.41. The summed E-state index contributed by atoms with van der Waals surface area (Å²) in [5.74, 6) is 0. The molecule has 0 saturated carbocycles. The summed E-state index contributed by atoms with van der Waals surface area (Å²) in [6, 6.07) is 8.09. The van der Waals surface area contributed by atoms with Gasteiger partial charge in [0.25, 0.3) is 0 Å². The lowest BCUT2D eigenvalue weighted by atomic mass is 10.1. The van der Waals surface area contributed by atoms with E-state index in [0.29, 0.717) is 6.61 Å². The van der Waals surface area contributed by atoms with Crippen LogP contribution in [0.25, 0.3) is 21.1 Å². The second-order valence-electron chi connectivity index (χ2n) is 6.38. The Morgan fingerprint density at radius 1 is 1.26 bits per heavy atom. The molecule has 0 atom stereocenters.